The van der Waals surface area contributed by atoms with Gasteiger partial charge in [-0.25, -0.2) is 0 Å². The molecule has 1 aromatic rings. The van der Waals surface area contributed by atoms with Gasteiger partial charge in [0.1, 0.15) is 0 Å². The molecule has 21 heavy (non-hydrogen) atoms. The van der Waals surface area contributed by atoms with Crippen LogP contribution in [-0.2, 0) is 9.59 Å². The maximum atomic E-state index is 12.4. The Kier molecular flexibility index (Phi) is 5.37. The molecule has 112 valence electrons. The van der Waals surface area contributed by atoms with Gasteiger partial charge in [0.15, 0.2) is 0 Å². The summed E-state index contributed by atoms with van der Waals surface area (Å²) in [5.74, 6) is 1.37. The SMILES string of the molecule is C#CCN(CC(=O)O)CC(=O)N1CCCC1c1cccs1. The summed E-state index contributed by atoms with van der Waals surface area (Å²) in [5.41, 5.74) is 0. The maximum absolute atomic E-state index is 12.4. The van der Waals surface area contributed by atoms with Gasteiger partial charge in [0.25, 0.3) is 0 Å². The fourth-order valence-corrected chi connectivity index (χ4v) is 3.49. The molecule has 1 atom stereocenters. The Morgan fingerprint density at radius 1 is 1.52 bits per heavy atom. The first-order chi connectivity index (χ1) is 10.1. The molecule has 0 radical (unpaired) electrons. The fraction of sp³-hybridized carbons (Fsp3) is 0.467. The second-order valence-corrected chi connectivity index (χ2v) is 5.98. The highest BCUT2D eigenvalue weighted by Crippen LogP contribution is 2.34. The molecule has 0 spiro atoms. The van der Waals surface area contributed by atoms with Crippen molar-refractivity contribution in [3.63, 3.8) is 0 Å². The summed E-state index contributed by atoms with van der Waals surface area (Å²) >= 11 is 1.65. The van der Waals surface area contributed by atoms with Gasteiger partial charge in [0.05, 0.1) is 25.7 Å². The highest BCUT2D eigenvalue weighted by Gasteiger charge is 2.31. The molecule has 2 rings (SSSR count). The number of rotatable bonds is 6. The smallest absolute Gasteiger partial charge is 0.317 e. The van der Waals surface area contributed by atoms with Crippen molar-refractivity contribution in [2.24, 2.45) is 0 Å². The summed E-state index contributed by atoms with van der Waals surface area (Å²) in [4.78, 5) is 27.8. The van der Waals surface area contributed by atoms with Crippen molar-refractivity contribution in [3.05, 3.63) is 22.4 Å². The zero-order valence-electron chi connectivity index (χ0n) is 11.7. The first kappa shape index (κ1) is 15.5. The average Bonchev–Trinajstić information content (AvgIpc) is 3.09. The van der Waals surface area contributed by atoms with E-state index in [1.807, 2.05) is 22.4 Å². The van der Waals surface area contributed by atoms with E-state index >= 15 is 0 Å². The van der Waals surface area contributed by atoms with E-state index in [0.717, 1.165) is 19.4 Å². The Balaban J connectivity index is 2.01. The van der Waals surface area contributed by atoms with Crippen LogP contribution in [0.4, 0.5) is 0 Å². The Bertz CT molecular complexity index is 536. The Labute approximate surface area is 128 Å². The van der Waals surface area contributed by atoms with Gasteiger partial charge in [-0.2, -0.15) is 0 Å². The number of amides is 1. The highest BCUT2D eigenvalue weighted by atomic mass is 32.1. The molecule has 0 saturated carbocycles. The predicted octanol–water partition coefficient (Wildman–Crippen LogP) is 1.43. The number of aliphatic carboxylic acids is 1. The minimum absolute atomic E-state index is 0.0533. The van der Waals surface area contributed by atoms with Gasteiger partial charge in [-0.1, -0.05) is 12.0 Å². The number of hydrogen-bond acceptors (Lipinski definition) is 4. The lowest BCUT2D eigenvalue weighted by Gasteiger charge is -2.26. The first-order valence-corrected chi connectivity index (χ1v) is 7.70. The van der Waals surface area contributed by atoms with E-state index < -0.39 is 5.97 Å². The third-order valence-corrected chi connectivity index (χ3v) is 4.45. The lowest BCUT2D eigenvalue weighted by molar-refractivity contribution is -0.139. The quantitative estimate of drug-likeness (QED) is 0.808. The number of thiophene rings is 1. The molecule has 1 aliphatic rings. The summed E-state index contributed by atoms with van der Waals surface area (Å²) in [6, 6.07) is 4.14. The van der Waals surface area contributed by atoms with E-state index in [1.165, 1.54) is 9.78 Å². The van der Waals surface area contributed by atoms with Crippen LogP contribution in [-0.4, -0.2) is 53.0 Å². The van der Waals surface area contributed by atoms with Crippen molar-refractivity contribution in [2.75, 3.05) is 26.2 Å². The molecule has 5 nitrogen and oxygen atoms in total. The van der Waals surface area contributed by atoms with Crippen molar-refractivity contribution in [2.45, 2.75) is 18.9 Å². The molecule has 1 fully saturated rings. The number of likely N-dealkylation sites (tertiary alicyclic amines) is 1. The molecular weight excluding hydrogens is 288 g/mol. The van der Waals surface area contributed by atoms with Crippen LogP contribution in [0, 0.1) is 12.3 Å². The van der Waals surface area contributed by atoms with Gasteiger partial charge in [0.2, 0.25) is 5.91 Å². The lowest BCUT2D eigenvalue weighted by atomic mass is 10.2. The molecule has 0 aliphatic carbocycles. The molecule has 0 bridgehead atoms. The summed E-state index contributed by atoms with van der Waals surface area (Å²) in [7, 11) is 0. The predicted molar refractivity (Wildman–Crippen MR) is 80.9 cm³/mol. The maximum Gasteiger partial charge on any atom is 0.317 e. The Morgan fingerprint density at radius 3 is 2.95 bits per heavy atom. The minimum atomic E-state index is -0.978. The van der Waals surface area contributed by atoms with Crippen LogP contribution in [0.1, 0.15) is 23.8 Å². The third-order valence-electron chi connectivity index (χ3n) is 3.48. The lowest BCUT2D eigenvalue weighted by Crippen LogP contribution is -2.42. The highest BCUT2D eigenvalue weighted by molar-refractivity contribution is 7.10. The number of carbonyl (C=O) groups excluding carboxylic acids is 1. The van der Waals surface area contributed by atoms with Gasteiger partial charge < -0.3 is 10.0 Å². The Hall–Kier alpha value is -1.84. The topological polar surface area (TPSA) is 60.9 Å². The number of carboxylic acids is 1. The van der Waals surface area contributed by atoms with Crippen LogP contribution in [0.2, 0.25) is 0 Å². The second-order valence-electron chi connectivity index (χ2n) is 5.00. The third kappa shape index (κ3) is 4.06. The van der Waals surface area contributed by atoms with Gasteiger partial charge in [-0.05, 0) is 24.3 Å². The standard InChI is InChI=1S/C15H18N2O3S/c1-2-7-16(11-15(19)20)10-14(18)17-8-3-5-12(17)13-6-4-9-21-13/h1,4,6,9,12H,3,5,7-8,10-11H2,(H,19,20). The minimum Gasteiger partial charge on any atom is -0.480 e. The molecule has 1 amide bonds. The van der Waals surface area contributed by atoms with Gasteiger partial charge in [0, 0.05) is 11.4 Å². The number of nitrogens with zero attached hydrogens (tertiary/aromatic N) is 2. The van der Waals surface area contributed by atoms with Crippen LogP contribution < -0.4 is 0 Å². The van der Waals surface area contributed by atoms with E-state index in [0.29, 0.717) is 0 Å². The van der Waals surface area contributed by atoms with Crippen LogP contribution in [0.15, 0.2) is 17.5 Å². The largest absolute Gasteiger partial charge is 0.480 e. The second kappa shape index (κ2) is 7.25. The van der Waals surface area contributed by atoms with E-state index in [1.54, 1.807) is 11.3 Å². The summed E-state index contributed by atoms with van der Waals surface area (Å²) in [6.45, 7) is 0.722. The van der Waals surface area contributed by atoms with Crippen molar-refractivity contribution < 1.29 is 14.7 Å². The number of terminal acetylenes is 1. The van der Waals surface area contributed by atoms with Crippen molar-refractivity contribution >= 4 is 23.2 Å². The first-order valence-electron chi connectivity index (χ1n) is 6.82. The van der Waals surface area contributed by atoms with Crippen molar-refractivity contribution in [3.8, 4) is 12.3 Å². The van der Waals surface area contributed by atoms with Crippen molar-refractivity contribution in [1.82, 2.24) is 9.80 Å². The molecule has 0 aromatic carbocycles. The molecule has 2 heterocycles. The van der Waals surface area contributed by atoms with Crippen LogP contribution in [0.25, 0.3) is 0 Å². The van der Waals surface area contributed by atoms with Crippen LogP contribution in [0.3, 0.4) is 0 Å². The van der Waals surface area contributed by atoms with Crippen molar-refractivity contribution in [1.29, 1.82) is 0 Å². The fourth-order valence-electron chi connectivity index (χ4n) is 2.61. The van der Waals surface area contributed by atoms with Gasteiger partial charge in [-0.15, -0.1) is 17.8 Å². The molecule has 1 aromatic heterocycles. The molecule has 1 N–H and O–H groups in total. The van der Waals surface area contributed by atoms with Crippen LogP contribution in [0.5, 0.6) is 0 Å². The zero-order valence-corrected chi connectivity index (χ0v) is 12.5. The monoisotopic (exact) mass is 306 g/mol. The van der Waals surface area contributed by atoms with Crippen LogP contribution >= 0.6 is 11.3 Å². The summed E-state index contributed by atoms with van der Waals surface area (Å²) < 4.78 is 0. The van der Waals surface area contributed by atoms with E-state index in [-0.39, 0.29) is 31.6 Å². The van der Waals surface area contributed by atoms with E-state index in [4.69, 9.17) is 11.5 Å². The summed E-state index contributed by atoms with van der Waals surface area (Å²) in [6.07, 6.45) is 7.16. The van der Waals surface area contributed by atoms with Gasteiger partial charge >= 0.3 is 5.97 Å². The zero-order chi connectivity index (χ0) is 15.2. The molecule has 1 aliphatic heterocycles. The molecule has 1 saturated heterocycles. The average molecular weight is 306 g/mol. The number of hydrogen-bond donors (Lipinski definition) is 1. The molecule has 1 unspecified atom stereocenters. The Morgan fingerprint density at radius 2 is 2.33 bits per heavy atom. The normalized spacial score (nSPS) is 17.9. The molecule has 6 heteroatoms. The number of carbonyl (C=O) groups is 2. The van der Waals surface area contributed by atoms with Gasteiger partial charge in [-0.3, -0.25) is 14.5 Å². The van der Waals surface area contributed by atoms with E-state index in [9.17, 15) is 9.59 Å². The summed E-state index contributed by atoms with van der Waals surface area (Å²) in [5, 5.41) is 10.9. The van der Waals surface area contributed by atoms with E-state index in [2.05, 4.69) is 5.92 Å². The molecular formula is C15H18N2O3S. The number of carboxylic acid groups (broad SMARTS) is 1.